The van der Waals surface area contributed by atoms with Crippen LogP contribution in [-0.4, -0.2) is 54.7 Å². The molecule has 10 nitrogen and oxygen atoms in total. The molecule has 5 rings (SSSR count). The van der Waals surface area contributed by atoms with E-state index in [0.29, 0.717) is 36.6 Å². The zero-order valence-corrected chi connectivity index (χ0v) is 22.5. The van der Waals surface area contributed by atoms with Crippen LogP contribution in [0.15, 0.2) is 41.3 Å². The molecular formula is C28H34N6O4. The number of carbonyl (C=O) groups excluding carboxylic acids is 1. The SMILES string of the molecule is COc1ccc(CNc2cc(Nc3cc(C)c4n(c3=O)C3(CCN(C)CC3)NC4=O)c(C)cn2)c(OC)c1. The van der Waals surface area contributed by atoms with Gasteiger partial charge in [-0.3, -0.25) is 14.2 Å². The van der Waals surface area contributed by atoms with Crippen LogP contribution in [0.25, 0.3) is 0 Å². The Kier molecular flexibility index (Phi) is 6.75. The minimum atomic E-state index is -0.685. The molecule has 0 unspecified atom stereocenters. The molecule has 0 radical (unpaired) electrons. The molecule has 2 aliphatic rings. The maximum Gasteiger partial charge on any atom is 0.276 e. The van der Waals surface area contributed by atoms with Gasteiger partial charge in [0.2, 0.25) is 0 Å². The third kappa shape index (κ3) is 4.56. The van der Waals surface area contributed by atoms with Gasteiger partial charge in [0.1, 0.15) is 34.4 Å². The van der Waals surface area contributed by atoms with Crippen molar-refractivity contribution in [2.45, 2.75) is 38.9 Å². The van der Waals surface area contributed by atoms with E-state index in [1.807, 2.05) is 38.1 Å². The normalized spacial score (nSPS) is 16.2. The van der Waals surface area contributed by atoms with Crippen molar-refractivity contribution in [1.29, 1.82) is 0 Å². The van der Waals surface area contributed by atoms with Gasteiger partial charge in [0.05, 0.1) is 14.2 Å². The highest BCUT2D eigenvalue weighted by atomic mass is 16.5. The Hall–Kier alpha value is -4.05. The number of amides is 1. The third-order valence-electron chi connectivity index (χ3n) is 7.52. The molecule has 2 aromatic heterocycles. The molecule has 1 fully saturated rings. The molecule has 1 spiro atoms. The lowest BCUT2D eigenvalue weighted by atomic mass is 9.97. The quantitative estimate of drug-likeness (QED) is 0.437. The number of aryl methyl sites for hydroxylation is 2. The van der Waals surface area contributed by atoms with Gasteiger partial charge >= 0.3 is 0 Å². The van der Waals surface area contributed by atoms with Gasteiger partial charge in [-0.2, -0.15) is 0 Å². The molecule has 0 bridgehead atoms. The molecule has 38 heavy (non-hydrogen) atoms. The summed E-state index contributed by atoms with van der Waals surface area (Å²) in [6, 6.07) is 9.31. The Balaban J connectivity index is 1.42. The molecule has 1 saturated heterocycles. The highest BCUT2D eigenvalue weighted by Gasteiger charge is 2.46. The van der Waals surface area contributed by atoms with Gasteiger partial charge in [0.15, 0.2) is 0 Å². The van der Waals surface area contributed by atoms with Crippen LogP contribution in [0, 0.1) is 13.8 Å². The van der Waals surface area contributed by atoms with Gasteiger partial charge in [0, 0.05) is 62.1 Å². The van der Waals surface area contributed by atoms with Crippen molar-refractivity contribution in [3.8, 4) is 11.5 Å². The standard InChI is InChI=1S/C28H34N6O4/c1-17-12-22(27(36)34-25(17)26(35)32-28(34)8-10-33(3)11-9-28)31-21-14-24(29-15-18(21)2)30-16-19-6-7-20(37-4)13-23(19)38-5/h6-7,12-15H,8-11,16H2,1-5H3,(H,32,35)(H2,29,30,31). The van der Waals surface area contributed by atoms with Gasteiger partial charge in [-0.1, -0.05) is 0 Å². The number of benzene rings is 1. The molecule has 0 aliphatic carbocycles. The lowest BCUT2D eigenvalue weighted by Crippen LogP contribution is -2.53. The number of nitrogens with one attached hydrogen (secondary N) is 3. The number of ether oxygens (including phenoxy) is 2. The molecule has 3 aromatic rings. The van der Waals surface area contributed by atoms with E-state index in [1.165, 1.54) is 0 Å². The first-order chi connectivity index (χ1) is 18.2. The van der Waals surface area contributed by atoms with Crippen LogP contribution in [-0.2, 0) is 12.2 Å². The molecule has 2 aliphatic heterocycles. The lowest BCUT2D eigenvalue weighted by Gasteiger charge is -2.39. The second kappa shape index (κ2) is 10.0. The number of hydrogen-bond donors (Lipinski definition) is 3. The van der Waals surface area contributed by atoms with Gasteiger partial charge in [0.25, 0.3) is 11.5 Å². The van der Waals surface area contributed by atoms with Crippen LogP contribution in [0.1, 0.15) is 40.0 Å². The summed E-state index contributed by atoms with van der Waals surface area (Å²) >= 11 is 0. The Morgan fingerprint density at radius 1 is 1.03 bits per heavy atom. The van der Waals surface area contributed by atoms with E-state index in [4.69, 9.17) is 9.47 Å². The van der Waals surface area contributed by atoms with Crippen LogP contribution >= 0.6 is 0 Å². The summed E-state index contributed by atoms with van der Waals surface area (Å²) in [6.45, 7) is 5.92. The van der Waals surface area contributed by atoms with Gasteiger partial charge in [-0.05, 0) is 50.2 Å². The Bertz CT molecular complexity index is 1440. The van der Waals surface area contributed by atoms with E-state index in [1.54, 1.807) is 31.0 Å². The lowest BCUT2D eigenvalue weighted by molar-refractivity contribution is 0.0799. The summed E-state index contributed by atoms with van der Waals surface area (Å²) < 4.78 is 12.5. The Morgan fingerprint density at radius 3 is 2.50 bits per heavy atom. The Morgan fingerprint density at radius 2 is 1.79 bits per heavy atom. The number of aromatic nitrogens is 2. The molecule has 0 saturated carbocycles. The fraction of sp³-hybridized carbons (Fsp3) is 0.393. The van der Waals surface area contributed by atoms with Gasteiger partial charge < -0.3 is 30.3 Å². The average Bonchev–Trinajstić information content (AvgIpc) is 3.21. The number of piperidine rings is 1. The van der Waals surface area contributed by atoms with Crippen molar-refractivity contribution in [3.63, 3.8) is 0 Å². The highest BCUT2D eigenvalue weighted by molar-refractivity contribution is 5.97. The maximum absolute atomic E-state index is 13.8. The van der Waals surface area contributed by atoms with Crippen LogP contribution in [0.2, 0.25) is 0 Å². The van der Waals surface area contributed by atoms with Crippen molar-refractivity contribution >= 4 is 23.1 Å². The summed E-state index contributed by atoms with van der Waals surface area (Å²) in [5.41, 5.74) is 3.36. The van der Waals surface area contributed by atoms with Crippen molar-refractivity contribution in [2.24, 2.45) is 0 Å². The second-order valence-corrected chi connectivity index (χ2v) is 10.1. The average molecular weight is 519 g/mol. The number of likely N-dealkylation sites (tertiary alicyclic amines) is 1. The minimum absolute atomic E-state index is 0.184. The van der Waals surface area contributed by atoms with E-state index in [-0.39, 0.29) is 11.5 Å². The molecule has 10 heteroatoms. The maximum atomic E-state index is 13.8. The van der Waals surface area contributed by atoms with E-state index >= 15 is 0 Å². The number of anilines is 3. The first kappa shape index (κ1) is 25.6. The van der Waals surface area contributed by atoms with Crippen LogP contribution in [0.4, 0.5) is 17.2 Å². The summed E-state index contributed by atoms with van der Waals surface area (Å²) in [5, 5.41) is 9.79. The fourth-order valence-corrected chi connectivity index (χ4v) is 5.27. The molecule has 4 heterocycles. The van der Waals surface area contributed by atoms with Crippen molar-refractivity contribution < 1.29 is 14.3 Å². The fourth-order valence-electron chi connectivity index (χ4n) is 5.27. The van der Waals surface area contributed by atoms with Crippen molar-refractivity contribution in [1.82, 2.24) is 19.8 Å². The van der Waals surface area contributed by atoms with Gasteiger partial charge in [-0.25, -0.2) is 4.98 Å². The zero-order chi connectivity index (χ0) is 27.0. The minimum Gasteiger partial charge on any atom is -0.497 e. The predicted octanol–water partition coefficient (Wildman–Crippen LogP) is 3.35. The molecular weight excluding hydrogens is 484 g/mol. The first-order valence-corrected chi connectivity index (χ1v) is 12.7. The molecule has 1 amide bonds. The first-order valence-electron chi connectivity index (χ1n) is 12.7. The number of fused-ring (bicyclic) bond motifs is 2. The third-order valence-corrected chi connectivity index (χ3v) is 7.52. The molecule has 1 aromatic carbocycles. The Labute approximate surface area is 222 Å². The monoisotopic (exact) mass is 518 g/mol. The van der Waals surface area contributed by atoms with E-state index in [9.17, 15) is 9.59 Å². The number of rotatable bonds is 7. The summed E-state index contributed by atoms with van der Waals surface area (Å²) in [5.74, 6) is 1.91. The topological polar surface area (TPSA) is 110 Å². The molecule has 3 N–H and O–H groups in total. The van der Waals surface area contributed by atoms with Gasteiger partial charge in [-0.15, -0.1) is 0 Å². The number of hydrogen-bond acceptors (Lipinski definition) is 8. The van der Waals surface area contributed by atoms with Crippen molar-refractivity contribution in [2.75, 3.05) is 45.0 Å². The number of methoxy groups -OCH3 is 2. The smallest absolute Gasteiger partial charge is 0.276 e. The zero-order valence-electron chi connectivity index (χ0n) is 22.5. The summed E-state index contributed by atoms with van der Waals surface area (Å²) in [4.78, 5) is 33.4. The predicted molar refractivity (Wildman–Crippen MR) is 147 cm³/mol. The van der Waals surface area contributed by atoms with Crippen LogP contribution in [0.3, 0.4) is 0 Å². The van der Waals surface area contributed by atoms with E-state index in [2.05, 4.69) is 32.9 Å². The van der Waals surface area contributed by atoms with Crippen molar-refractivity contribution in [3.05, 3.63) is 69.3 Å². The number of pyridine rings is 2. The van der Waals surface area contributed by atoms with E-state index in [0.717, 1.165) is 47.0 Å². The highest BCUT2D eigenvalue weighted by Crippen LogP contribution is 2.34. The van der Waals surface area contributed by atoms with E-state index < -0.39 is 5.66 Å². The molecule has 200 valence electrons. The number of nitrogens with zero attached hydrogens (tertiary/aromatic N) is 3. The number of carbonyl (C=O) groups is 1. The van der Waals surface area contributed by atoms with Crippen LogP contribution < -0.4 is 31.0 Å². The summed E-state index contributed by atoms with van der Waals surface area (Å²) in [6.07, 6.45) is 3.13. The molecule has 0 atom stereocenters. The summed E-state index contributed by atoms with van der Waals surface area (Å²) in [7, 11) is 5.30. The second-order valence-electron chi connectivity index (χ2n) is 10.1. The van der Waals surface area contributed by atoms with Crippen LogP contribution in [0.5, 0.6) is 11.5 Å². The largest absolute Gasteiger partial charge is 0.497 e.